The summed E-state index contributed by atoms with van der Waals surface area (Å²) in [5.74, 6) is 1.52. The lowest BCUT2D eigenvalue weighted by molar-refractivity contribution is 0.0532. The van der Waals surface area contributed by atoms with Crippen LogP contribution in [0, 0.1) is 0 Å². The maximum Gasteiger partial charge on any atom is 0.222 e. The number of morpholine rings is 1. The number of anilines is 2. The second-order valence-corrected chi connectivity index (χ2v) is 8.30. The van der Waals surface area contributed by atoms with E-state index in [1.165, 1.54) is 0 Å². The van der Waals surface area contributed by atoms with E-state index in [-0.39, 0.29) is 12.2 Å². The van der Waals surface area contributed by atoms with E-state index < -0.39 is 0 Å². The van der Waals surface area contributed by atoms with Gasteiger partial charge in [-0.25, -0.2) is 15.0 Å². The summed E-state index contributed by atoms with van der Waals surface area (Å²) in [6.07, 6.45) is 11.4. The highest BCUT2D eigenvalue weighted by molar-refractivity contribution is 5.85. The predicted octanol–water partition coefficient (Wildman–Crippen LogP) is 3.45. The molecule has 1 aliphatic carbocycles. The quantitative estimate of drug-likeness (QED) is 0.672. The van der Waals surface area contributed by atoms with Crippen LogP contribution in [-0.2, 0) is 4.74 Å². The molecule has 8 nitrogen and oxygen atoms in total. The molecule has 162 valence electrons. The minimum atomic E-state index is 0.166. The van der Waals surface area contributed by atoms with Crippen LogP contribution < -0.4 is 15.0 Å². The first kappa shape index (κ1) is 19.9. The SMILES string of the molecule is CC1CN(c2cc(OC3CCC(Nc4ncccn4)CC3)c3nccnc3c2)CCO1. The summed E-state index contributed by atoms with van der Waals surface area (Å²) in [5, 5.41) is 3.43. The summed E-state index contributed by atoms with van der Waals surface area (Å²) in [5.41, 5.74) is 2.81. The molecule has 0 spiro atoms. The number of benzene rings is 1. The van der Waals surface area contributed by atoms with Crippen LogP contribution in [0.2, 0.25) is 0 Å². The van der Waals surface area contributed by atoms with Gasteiger partial charge in [-0.15, -0.1) is 0 Å². The lowest BCUT2D eigenvalue weighted by Gasteiger charge is -2.33. The normalized spacial score (nSPS) is 24.2. The van der Waals surface area contributed by atoms with Crippen molar-refractivity contribution in [3.63, 3.8) is 0 Å². The van der Waals surface area contributed by atoms with Crippen molar-refractivity contribution >= 4 is 22.7 Å². The molecular weight excluding hydrogens is 392 g/mol. The van der Waals surface area contributed by atoms with E-state index in [1.54, 1.807) is 24.8 Å². The molecule has 1 saturated heterocycles. The second-order valence-electron chi connectivity index (χ2n) is 8.30. The Labute approximate surface area is 182 Å². The van der Waals surface area contributed by atoms with Crippen LogP contribution in [0.25, 0.3) is 11.0 Å². The van der Waals surface area contributed by atoms with E-state index in [2.05, 4.69) is 49.2 Å². The Kier molecular flexibility index (Phi) is 5.80. The average Bonchev–Trinajstić information content (AvgIpc) is 2.81. The van der Waals surface area contributed by atoms with E-state index in [0.29, 0.717) is 12.0 Å². The maximum absolute atomic E-state index is 6.51. The van der Waals surface area contributed by atoms with Crippen LogP contribution in [0.4, 0.5) is 11.6 Å². The van der Waals surface area contributed by atoms with Crippen molar-refractivity contribution in [2.45, 2.75) is 50.9 Å². The molecule has 1 aliphatic heterocycles. The molecule has 2 aromatic heterocycles. The number of fused-ring (bicyclic) bond motifs is 1. The topological polar surface area (TPSA) is 85.3 Å². The highest BCUT2D eigenvalue weighted by Crippen LogP contribution is 2.33. The van der Waals surface area contributed by atoms with Gasteiger partial charge in [0, 0.05) is 55.7 Å². The Hall–Kier alpha value is -3.00. The van der Waals surface area contributed by atoms with Crippen LogP contribution >= 0.6 is 0 Å². The Morgan fingerprint density at radius 1 is 1.00 bits per heavy atom. The van der Waals surface area contributed by atoms with Gasteiger partial charge in [0.1, 0.15) is 11.3 Å². The Balaban J connectivity index is 1.29. The van der Waals surface area contributed by atoms with Crippen molar-refractivity contribution in [2.24, 2.45) is 0 Å². The second kappa shape index (κ2) is 9.01. The lowest BCUT2D eigenvalue weighted by atomic mass is 9.93. The molecule has 2 fully saturated rings. The van der Waals surface area contributed by atoms with Gasteiger partial charge in [0.15, 0.2) is 0 Å². The van der Waals surface area contributed by atoms with Crippen LogP contribution in [0.15, 0.2) is 43.0 Å². The number of hydrogen-bond donors (Lipinski definition) is 1. The third-order valence-electron chi connectivity index (χ3n) is 6.00. The molecule has 2 aliphatic rings. The number of nitrogens with zero attached hydrogens (tertiary/aromatic N) is 5. The van der Waals surface area contributed by atoms with Crippen molar-refractivity contribution in [3.05, 3.63) is 43.0 Å². The van der Waals surface area contributed by atoms with E-state index in [4.69, 9.17) is 9.47 Å². The predicted molar refractivity (Wildman–Crippen MR) is 119 cm³/mol. The Morgan fingerprint density at radius 3 is 2.61 bits per heavy atom. The van der Waals surface area contributed by atoms with Crippen molar-refractivity contribution in [2.75, 3.05) is 29.9 Å². The summed E-state index contributed by atoms with van der Waals surface area (Å²) in [4.78, 5) is 20.0. The van der Waals surface area contributed by atoms with Crippen molar-refractivity contribution in [1.29, 1.82) is 0 Å². The lowest BCUT2D eigenvalue weighted by Crippen LogP contribution is -2.41. The molecule has 8 heteroatoms. The van der Waals surface area contributed by atoms with E-state index >= 15 is 0 Å². The third kappa shape index (κ3) is 4.69. The largest absolute Gasteiger partial charge is 0.488 e. The molecule has 3 heterocycles. The van der Waals surface area contributed by atoms with Crippen LogP contribution in [-0.4, -0.2) is 57.9 Å². The molecule has 0 amide bonds. The zero-order valence-electron chi connectivity index (χ0n) is 17.8. The molecule has 1 unspecified atom stereocenters. The van der Waals surface area contributed by atoms with E-state index in [1.807, 2.05) is 6.07 Å². The highest BCUT2D eigenvalue weighted by Gasteiger charge is 2.25. The first-order valence-corrected chi connectivity index (χ1v) is 11.1. The number of aromatic nitrogens is 4. The summed E-state index contributed by atoms with van der Waals surface area (Å²) in [7, 11) is 0. The number of ether oxygens (including phenoxy) is 2. The third-order valence-corrected chi connectivity index (χ3v) is 6.00. The van der Waals surface area contributed by atoms with Gasteiger partial charge in [0.2, 0.25) is 5.95 Å². The number of rotatable bonds is 5. The van der Waals surface area contributed by atoms with E-state index in [0.717, 1.165) is 67.8 Å². The summed E-state index contributed by atoms with van der Waals surface area (Å²) in [6.45, 7) is 4.58. The molecule has 1 aromatic carbocycles. The average molecular weight is 421 g/mol. The monoisotopic (exact) mass is 420 g/mol. The smallest absolute Gasteiger partial charge is 0.222 e. The van der Waals surface area contributed by atoms with Gasteiger partial charge in [-0.1, -0.05) is 0 Å². The molecule has 0 bridgehead atoms. The summed E-state index contributed by atoms with van der Waals surface area (Å²) < 4.78 is 12.2. The molecule has 31 heavy (non-hydrogen) atoms. The first-order chi connectivity index (χ1) is 15.2. The molecule has 0 radical (unpaired) electrons. The molecule has 3 aromatic rings. The molecule has 5 rings (SSSR count). The number of nitrogens with one attached hydrogen (secondary N) is 1. The zero-order chi connectivity index (χ0) is 21.0. The fraction of sp³-hybridized carbons (Fsp3) is 0.478. The minimum Gasteiger partial charge on any atom is -0.488 e. The van der Waals surface area contributed by atoms with Crippen LogP contribution in [0.1, 0.15) is 32.6 Å². The minimum absolute atomic E-state index is 0.166. The van der Waals surface area contributed by atoms with Gasteiger partial charge in [-0.05, 0) is 44.7 Å². The first-order valence-electron chi connectivity index (χ1n) is 11.1. The molecule has 1 N–H and O–H groups in total. The standard InChI is InChI=1S/C23H28N6O2/c1-16-15-29(11-12-30-16)18-13-20-22(25-10-9-24-20)21(14-18)31-19-5-3-17(4-6-19)28-23-26-7-2-8-27-23/h2,7-10,13-14,16-17,19H,3-6,11-12,15H2,1H3,(H,26,27,28). The zero-order valence-corrected chi connectivity index (χ0v) is 17.8. The maximum atomic E-state index is 6.51. The van der Waals surface area contributed by atoms with Gasteiger partial charge in [0.05, 0.1) is 24.3 Å². The molecule has 1 atom stereocenters. The van der Waals surface area contributed by atoms with Crippen LogP contribution in [0.5, 0.6) is 5.75 Å². The van der Waals surface area contributed by atoms with Crippen molar-refractivity contribution in [1.82, 2.24) is 19.9 Å². The molecular formula is C23H28N6O2. The highest BCUT2D eigenvalue weighted by atomic mass is 16.5. The fourth-order valence-corrected chi connectivity index (χ4v) is 4.41. The fourth-order valence-electron chi connectivity index (χ4n) is 4.41. The summed E-state index contributed by atoms with van der Waals surface area (Å²) >= 11 is 0. The number of hydrogen-bond acceptors (Lipinski definition) is 8. The van der Waals surface area contributed by atoms with Gasteiger partial charge in [-0.3, -0.25) is 4.98 Å². The Bertz CT molecular complexity index is 1010. The van der Waals surface area contributed by atoms with Gasteiger partial charge >= 0.3 is 0 Å². The van der Waals surface area contributed by atoms with E-state index in [9.17, 15) is 0 Å². The van der Waals surface area contributed by atoms with Gasteiger partial charge < -0.3 is 19.7 Å². The Morgan fingerprint density at radius 2 is 1.81 bits per heavy atom. The van der Waals surface area contributed by atoms with Crippen molar-refractivity contribution in [3.8, 4) is 5.75 Å². The van der Waals surface area contributed by atoms with Crippen LogP contribution in [0.3, 0.4) is 0 Å². The molecule has 1 saturated carbocycles. The van der Waals surface area contributed by atoms with Gasteiger partial charge in [0.25, 0.3) is 0 Å². The van der Waals surface area contributed by atoms with Crippen molar-refractivity contribution < 1.29 is 9.47 Å². The summed E-state index contributed by atoms with van der Waals surface area (Å²) in [6, 6.07) is 6.43. The van der Waals surface area contributed by atoms with Gasteiger partial charge in [-0.2, -0.15) is 0 Å².